The van der Waals surface area contributed by atoms with Crippen LogP contribution in [0.15, 0.2) is 36.4 Å². The molecule has 2 heterocycles. The van der Waals surface area contributed by atoms with Gasteiger partial charge >= 0.3 is 0 Å². The zero-order chi connectivity index (χ0) is 18.6. The zero-order valence-corrected chi connectivity index (χ0v) is 15.8. The molecule has 1 aliphatic heterocycles. The summed E-state index contributed by atoms with van der Waals surface area (Å²) in [6.45, 7) is 1.47. The van der Waals surface area contributed by atoms with Crippen molar-refractivity contribution in [1.82, 2.24) is 18.8 Å². The van der Waals surface area contributed by atoms with Crippen LogP contribution in [0.4, 0.5) is 0 Å². The molecule has 0 spiro atoms. The van der Waals surface area contributed by atoms with Gasteiger partial charge in [0.1, 0.15) is 11.9 Å². The molecule has 1 aromatic heterocycles. The van der Waals surface area contributed by atoms with Gasteiger partial charge in [-0.05, 0) is 18.2 Å². The van der Waals surface area contributed by atoms with Crippen LogP contribution in [-0.2, 0) is 21.4 Å². The van der Waals surface area contributed by atoms with Crippen molar-refractivity contribution in [3.8, 4) is 5.75 Å². The van der Waals surface area contributed by atoms with Gasteiger partial charge < -0.3 is 9.47 Å². The van der Waals surface area contributed by atoms with E-state index in [1.807, 2.05) is 36.4 Å². The summed E-state index contributed by atoms with van der Waals surface area (Å²) < 4.78 is 38.6. The predicted octanol–water partition coefficient (Wildman–Crippen LogP) is 1.21. The summed E-state index contributed by atoms with van der Waals surface area (Å²) in [6, 6.07) is 11.5. The van der Waals surface area contributed by atoms with Gasteiger partial charge in [-0.25, -0.2) is 0 Å². The van der Waals surface area contributed by atoms with Gasteiger partial charge in [0.05, 0.1) is 18.9 Å². The van der Waals surface area contributed by atoms with Crippen LogP contribution in [0.1, 0.15) is 17.5 Å². The molecule has 3 rings (SSSR count). The van der Waals surface area contributed by atoms with E-state index in [2.05, 4.69) is 10.2 Å². The molecule has 1 saturated heterocycles. The molecular formula is C17H24N4O4S. The third kappa shape index (κ3) is 4.42. The van der Waals surface area contributed by atoms with Crippen molar-refractivity contribution in [2.24, 2.45) is 0 Å². The number of hydrogen-bond donors (Lipinski definition) is 1. The lowest BCUT2D eigenvalue weighted by molar-refractivity contribution is -0.00625. The molecular weight excluding hydrogens is 356 g/mol. The highest BCUT2D eigenvalue weighted by Crippen LogP contribution is 2.23. The SMILES string of the molecule is CN(C)S(=O)(=O)N1CCO[C@H](c2cc(CCOc3ccccc3)[nH]n2)C1. The Kier molecular flexibility index (Phi) is 5.92. The molecule has 1 aliphatic rings. The van der Waals surface area contributed by atoms with Gasteiger partial charge in [0.2, 0.25) is 0 Å². The lowest BCUT2D eigenvalue weighted by atomic mass is 10.2. The summed E-state index contributed by atoms with van der Waals surface area (Å²) in [7, 11) is -0.396. The van der Waals surface area contributed by atoms with E-state index in [0.29, 0.717) is 31.9 Å². The maximum atomic E-state index is 12.3. The van der Waals surface area contributed by atoms with Crippen LogP contribution in [0.25, 0.3) is 0 Å². The number of ether oxygens (including phenoxy) is 2. The quantitative estimate of drug-likeness (QED) is 0.780. The fourth-order valence-corrected chi connectivity index (χ4v) is 3.80. The van der Waals surface area contributed by atoms with E-state index in [0.717, 1.165) is 11.4 Å². The lowest BCUT2D eigenvalue weighted by Crippen LogP contribution is -2.47. The summed E-state index contributed by atoms with van der Waals surface area (Å²) >= 11 is 0. The monoisotopic (exact) mass is 380 g/mol. The van der Waals surface area contributed by atoms with Gasteiger partial charge in [0.25, 0.3) is 10.2 Å². The molecule has 142 valence electrons. The Bertz CT molecular complexity index is 807. The van der Waals surface area contributed by atoms with E-state index in [9.17, 15) is 8.42 Å². The average molecular weight is 380 g/mol. The predicted molar refractivity (Wildman–Crippen MR) is 97.1 cm³/mol. The van der Waals surface area contributed by atoms with Gasteiger partial charge in [-0.2, -0.15) is 22.1 Å². The molecule has 0 saturated carbocycles. The number of nitrogens with zero attached hydrogens (tertiary/aromatic N) is 3. The molecule has 0 radical (unpaired) electrons. The molecule has 0 bridgehead atoms. The van der Waals surface area contributed by atoms with E-state index in [1.165, 1.54) is 22.7 Å². The Labute approximate surface area is 153 Å². The Hall–Kier alpha value is -1.94. The maximum absolute atomic E-state index is 12.3. The number of rotatable bonds is 7. The number of hydrogen-bond acceptors (Lipinski definition) is 5. The number of aromatic amines is 1. The maximum Gasteiger partial charge on any atom is 0.281 e. The number of para-hydroxylation sites is 1. The van der Waals surface area contributed by atoms with Gasteiger partial charge in [-0.1, -0.05) is 18.2 Å². The minimum absolute atomic E-state index is 0.255. The summed E-state index contributed by atoms with van der Waals surface area (Å²) in [5, 5.41) is 7.26. The van der Waals surface area contributed by atoms with E-state index in [4.69, 9.17) is 9.47 Å². The standard InChI is InChI=1S/C17H24N4O4S/c1-20(2)26(22,23)21-9-11-25-17(13-21)16-12-14(18-19-16)8-10-24-15-6-4-3-5-7-15/h3-7,12,17H,8-11,13H2,1-2H3,(H,18,19)/t17-/m0/s1. The minimum atomic E-state index is -3.45. The number of morpholine rings is 1. The molecule has 2 aromatic rings. The minimum Gasteiger partial charge on any atom is -0.493 e. The highest BCUT2D eigenvalue weighted by molar-refractivity contribution is 7.86. The second-order valence-electron chi connectivity index (χ2n) is 6.24. The Morgan fingerprint density at radius 3 is 2.85 bits per heavy atom. The largest absolute Gasteiger partial charge is 0.493 e. The van der Waals surface area contributed by atoms with Crippen LogP contribution < -0.4 is 4.74 Å². The number of aromatic nitrogens is 2. The third-order valence-electron chi connectivity index (χ3n) is 4.18. The highest BCUT2D eigenvalue weighted by atomic mass is 32.2. The first-order valence-corrected chi connectivity index (χ1v) is 9.88. The topological polar surface area (TPSA) is 87.8 Å². The molecule has 0 aliphatic carbocycles. The Morgan fingerprint density at radius 1 is 1.35 bits per heavy atom. The molecule has 9 heteroatoms. The summed E-state index contributed by atoms with van der Waals surface area (Å²) in [5.74, 6) is 0.826. The molecule has 1 atom stereocenters. The van der Waals surface area contributed by atoms with E-state index < -0.39 is 10.2 Å². The third-order valence-corrected chi connectivity index (χ3v) is 6.09. The van der Waals surface area contributed by atoms with Crippen molar-refractivity contribution in [2.75, 3.05) is 40.4 Å². The van der Waals surface area contributed by atoms with Crippen LogP contribution >= 0.6 is 0 Å². The van der Waals surface area contributed by atoms with Gasteiger partial charge in [0, 0.05) is 39.3 Å². The van der Waals surface area contributed by atoms with E-state index >= 15 is 0 Å². The Morgan fingerprint density at radius 2 is 2.12 bits per heavy atom. The van der Waals surface area contributed by atoms with Gasteiger partial charge in [-0.15, -0.1) is 0 Å². The van der Waals surface area contributed by atoms with Gasteiger partial charge in [-0.3, -0.25) is 5.10 Å². The first-order chi connectivity index (χ1) is 12.5. The summed E-state index contributed by atoms with van der Waals surface area (Å²) in [6.07, 6.45) is 0.299. The smallest absolute Gasteiger partial charge is 0.281 e. The van der Waals surface area contributed by atoms with Crippen molar-refractivity contribution in [2.45, 2.75) is 12.5 Å². The highest BCUT2D eigenvalue weighted by Gasteiger charge is 2.32. The first-order valence-electron chi connectivity index (χ1n) is 8.48. The molecule has 1 fully saturated rings. The van der Waals surface area contributed by atoms with Crippen molar-refractivity contribution in [3.63, 3.8) is 0 Å². The van der Waals surface area contributed by atoms with Crippen molar-refractivity contribution in [3.05, 3.63) is 47.8 Å². The molecule has 8 nitrogen and oxygen atoms in total. The van der Waals surface area contributed by atoms with E-state index in [-0.39, 0.29) is 12.6 Å². The molecule has 0 unspecified atom stereocenters. The second kappa shape index (κ2) is 8.17. The Balaban J connectivity index is 1.57. The zero-order valence-electron chi connectivity index (χ0n) is 15.0. The van der Waals surface area contributed by atoms with Gasteiger partial charge in [0.15, 0.2) is 0 Å². The molecule has 1 aromatic carbocycles. The van der Waals surface area contributed by atoms with Crippen molar-refractivity contribution in [1.29, 1.82) is 0 Å². The molecule has 1 N–H and O–H groups in total. The summed E-state index contributed by atoms with van der Waals surface area (Å²) in [5.41, 5.74) is 1.63. The molecule has 0 amide bonds. The van der Waals surface area contributed by atoms with Crippen molar-refractivity contribution < 1.29 is 17.9 Å². The normalized spacial score (nSPS) is 19.0. The molecule has 26 heavy (non-hydrogen) atoms. The number of H-pyrrole nitrogens is 1. The lowest BCUT2D eigenvalue weighted by Gasteiger charge is -2.32. The van der Waals surface area contributed by atoms with Crippen molar-refractivity contribution >= 4 is 10.2 Å². The van der Waals surface area contributed by atoms with Crippen LogP contribution in [0, 0.1) is 0 Å². The van der Waals surface area contributed by atoms with Crippen LogP contribution in [0.5, 0.6) is 5.75 Å². The first kappa shape index (κ1) is 18.8. The fourth-order valence-electron chi connectivity index (χ4n) is 2.71. The fraction of sp³-hybridized carbons (Fsp3) is 0.471. The second-order valence-corrected chi connectivity index (χ2v) is 8.38. The van der Waals surface area contributed by atoms with E-state index in [1.54, 1.807) is 0 Å². The number of nitrogens with one attached hydrogen (secondary N) is 1. The average Bonchev–Trinajstić information content (AvgIpc) is 3.11. The summed E-state index contributed by atoms with van der Waals surface area (Å²) in [4.78, 5) is 0. The van der Waals surface area contributed by atoms with Crippen LogP contribution in [0.3, 0.4) is 0 Å². The van der Waals surface area contributed by atoms with Crippen LogP contribution in [-0.4, -0.2) is 67.6 Å². The van der Waals surface area contributed by atoms with Crippen LogP contribution in [0.2, 0.25) is 0 Å². The number of benzene rings is 1.